The van der Waals surface area contributed by atoms with Gasteiger partial charge in [0.05, 0.1) is 11.3 Å². The van der Waals surface area contributed by atoms with Crippen molar-refractivity contribution in [3.63, 3.8) is 0 Å². The molecule has 0 unspecified atom stereocenters. The number of carbonyl (C=O) groups excluding carboxylic acids is 2. The molecular weight excluding hydrogens is 316 g/mol. The highest BCUT2D eigenvalue weighted by atomic mass is 35.5. The van der Waals surface area contributed by atoms with E-state index < -0.39 is 5.91 Å². The lowest BCUT2D eigenvalue weighted by atomic mass is 10.1. The Labute approximate surface area is 137 Å². The summed E-state index contributed by atoms with van der Waals surface area (Å²) in [7, 11) is 1.53. The van der Waals surface area contributed by atoms with Crippen LogP contribution in [0.15, 0.2) is 52.9 Å². The topological polar surface area (TPSA) is 71.3 Å². The van der Waals surface area contributed by atoms with Crippen LogP contribution in [0.5, 0.6) is 0 Å². The molecule has 0 atom stereocenters. The van der Waals surface area contributed by atoms with Gasteiger partial charge in [-0.1, -0.05) is 23.7 Å². The molecule has 1 heterocycles. The molecule has 0 fully saturated rings. The lowest BCUT2D eigenvalue weighted by molar-refractivity contribution is 0.0964. The molecule has 116 valence electrons. The molecule has 3 rings (SSSR count). The Balaban J connectivity index is 1.90. The van der Waals surface area contributed by atoms with Crippen molar-refractivity contribution in [2.75, 3.05) is 12.4 Å². The van der Waals surface area contributed by atoms with Gasteiger partial charge < -0.3 is 15.1 Å². The van der Waals surface area contributed by atoms with Crippen LogP contribution in [0.25, 0.3) is 11.0 Å². The number of anilines is 1. The molecule has 0 aliphatic heterocycles. The molecule has 0 radical (unpaired) electrons. The summed E-state index contributed by atoms with van der Waals surface area (Å²) in [5, 5.41) is 6.53. The molecule has 0 aliphatic rings. The fraction of sp³-hybridized carbons (Fsp3) is 0.0588. The molecule has 5 nitrogen and oxygen atoms in total. The molecule has 0 saturated heterocycles. The van der Waals surface area contributed by atoms with Gasteiger partial charge in [-0.3, -0.25) is 9.59 Å². The summed E-state index contributed by atoms with van der Waals surface area (Å²) < 4.78 is 5.51. The highest BCUT2D eigenvalue weighted by Crippen LogP contribution is 2.24. The van der Waals surface area contributed by atoms with Crippen LogP contribution < -0.4 is 10.6 Å². The maximum absolute atomic E-state index is 12.4. The summed E-state index contributed by atoms with van der Waals surface area (Å²) in [5.74, 6) is -0.570. The van der Waals surface area contributed by atoms with Gasteiger partial charge in [0, 0.05) is 17.5 Å². The number of furan rings is 1. The van der Waals surface area contributed by atoms with Gasteiger partial charge in [0.2, 0.25) is 0 Å². The summed E-state index contributed by atoms with van der Waals surface area (Å²) in [5.41, 5.74) is 1.36. The molecular formula is C17H13ClN2O3. The average molecular weight is 329 g/mol. The Hall–Kier alpha value is -2.79. The van der Waals surface area contributed by atoms with E-state index in [1.807, 2.05) is 0 Å². The Kier molecular flexibility index (Phi) is 4.04. The van der Waals surface area contributed by atoms with Gasteiger partial charge >= 0.3 is 0 Å². The molecule has 2 amide bonds. The predicted octanol–water partition coefficient (Wildman–Crippen LogP) is 3.70. The first kappa shape index (κ1) is 15.1. The number of amides is 2. The second kappa shape index (κ2) is 6.14. The minimum absolute atomic E-state index is 0.147. The van der Waals surface area contributed by atoms with E-state index in [9.17, 15) is 9.59 Å². The summed E-state index contributed by atoms with van der Waals surface area (Å²) in [4.78, 5) is 24.2. The second-order valence-electron chi connectivity index (χ2n) is 4.87. The van der Waals surface area contributed by atoms with Crippen LogP contribution >= 0.6 is 11.6 Å². The molecule has 0 spiro atoms. The first-order valence-electron chi connectivity index (χ1n) is 6.90. The lowest BCUT2D eigenvalue weighted by Crippen LogP contribution is -2.21. The quantitative estimate of drug-likeness (QED) is 0.770. The van der Waals surface area contributed by atoms with Crippen molar-refractivity contribution in [1.82, 2.24) is 5.32 Å². The molecule has 1 aromatic heterocycles. The van der Waals surface area contributed by atoms with Gasteiger partial charge in [0.1, 0.15) is 5.58 Å². The summed E-state index contributed by atoms with van der Waals surface area (Å²) in [6.45, 7) is 0. The Morgan fingerprint density at radius 3 is 2.61 bits per heavy atom. The Morgan fingerprint density at radius 1 is 1.04 bits per heavy atom. The number of hydrogen-bond acceptors (Lipinski definition) is 3. The highest BCUT2D eigenvalue weighted by molar-refractivity contribution is 6.31. The fourth-order valence-corrected chi connectivity index (χ4v) is 2.42. The van der Waals surface area contributed by atoms with E-state index in [-0.39, 0.29) is 11.7 Å². The van der Waals surface area contributed by atoms with Crippen molar-refractivity contribution in [1.29, 1.82) is 0 Å². The van der Waals surface area contributed by atoms with E-state index in [2.05, 4.69) is 10.6 Å². The first-order valence-corrected chi connectivity index (χ1v) is 7.28. The molecule has 0 bridgehead atoms. The van der Waals surface area contributed by atoms with Crippen LogP contribution in [-0.2, 0) is 0 Å². The van der Waals surface area contributed by atoms with E-state index in [1.165, 1.54) is 7.05 Å². The number of fused-ring (bicyclic) bond motifs is 1. The van der Waals surface area contributed by atoms with Gasteiger partial charge in [-0.25, -0.2) is 0 Å². The van der Waals surface area contributed by atoms with Gasteiger partial charge in [-0.05, 0) is 36.4 Å². The minimum atomic E-state index is -0.436. The van der Waals surface area contributed by atoms with E-state index in [0.717, 1.165) is 5.39 Å². The number of benzene rings is 2. The number of hydrogen-bond donors (Lipinski definition) is 2. The van der Waals surface area contributed by atoms with Crippen molar-refractivity contribution in [2.45, 2.75) is 0 Å². The van der Waals surface area contributed by atoms with E-state index >= 15 is 0 Å². The van der Waals surface area contributed by atoms with Crippen LogP contribution in [0, 0.1) is 0 Å². The van der Waals surface area contributed by atoms with E-state index in [4.69, 9.17) is 16.0 Å². The normalized spacial score (nSPS) is 10.5. The third kappa shape index (κ3) is 3.05. The zero-order valence-corrected chi connectivity index (χ0v) is 13.0. The van der Waals surface area contributed by atoms with Crippen LogP contribution in [0.4, 0.5) is 5.69 Å². The summed E-state index contributed by atoms with van der Waals surface area (Å²) in [6.07, 6.45) is 0. The minimum Gasteiger partial charge on any atom is -0.451 e. The standard InChI is InChI=1S/C17H13ClN2O3/c1-19-16(21)12-4-2-3-5-13(12)20-17(22)15-9-10-8-11(18)6-7-14(10)23-15/h2-9H,1H3,(H,19,21)(H,20,22). The zero-order valence-electron chi connectivity index (χ0n) is 12.2. The lowest BCUT2D eigenvalue weighted by Gasteiger charge is -2.08. The smallest absolute Gasteiger partial charge is 0.291 e. The number of rotatable bonds is 3. The summed E-state index contributed by atoms with van der Waals surface area (Å²) >= 11 is 5.92. The van der Waals surface area contributed by atoms with Crippen molar-refractivity contribution < 1.29 is 14.0 Å². The monoisotopic (exact) mass is 328 g/mol. The highest BCUT2D eigenvalue weighted by Gasteiger charge is 2.16. The predicted molar refractivity (Wildman–Crippen MR) is 89.0 cm³/mol. The van der Waals surface area contributed by atoms with Gasteiger partial charge in [0.25, 0.3) is 11.8 Å². The fourth-order valence-electron chi connectivity index (χ4n) is 2.23. The second-order valence-corrected chi connectivity index (χ2v) is 5.31. The third-order valence-electron chi connectivity index (χ3n) is 3.35. The van der Waals surface area contributed by atoms with Gasteiger partial charge in [-0.2, -0.15) is 0 Å². The summed E-state index contributed by atoms with van der Waals surface area (Å²) in [6, 6.07) is 13.5. The van der Waals surface area contributed by atoms with Crippen molar-refractivity contribution in [2.24, 2.45) is 0 Å². The number of carbonyl (C=O) groups is 2. The molecule has 6 heteroatoms. The Morgan fingerprint density at radius 2 is 1.83 bits per heavy atom. The molecule has 0 saturated carbocycles. The largest absolute Gasteiger partial charge is 0.451 e. The van der Waals surface area contributed by atoms with E-state index in [0.29, 0.717) is 21.9 Å². The maximum Gasteiger partial charge on any atom is 0.291 e. The van der Waals surface area contributed by atoms with E-state index in [1.54, 1.807) is 48.5 Å². The number of nitrogens with one attached hydrogen (secondary N) is 2. The van der Waals surface area contributed by atoms with Gasteiger partial charge in [-0.15, -0.1) is 0 Å². The van der Waals surface area contributed by atoms with Crippen LogP contribution in [0.3, 0.4) is 0 Å². The maximum atomic E-state index is 12.4. The molecule has 3 aromatic rings. The average Bonchev–Trinajstić information content (AvgIpc) is 2.98. The first-order chi connectivity index (χ1) is 11.1. The van der Waals surface area contributed by atoms with Gasteiger partial charge in [0.15, 0.2) is 5.76 Å². The number of halogens is 1. The molecule has 2 N–H and O–H groups in total. The zero-order chi connectivity index (χ0) is 16.4. The van der Waals surface area contributed by atoms with Crippen molar-refractivity contribution >= 4 is 40.1 Å². The number of para-hydroxylation sites is 1. The van der Waals surface area contributed by atoms with Crippen molar-refractivity contribution in [3.8, 4) is 0 Å². The van der Waals surface area contributed by atoms with Crippen molar-refractivity contribution in [3.05, 3.63) is 64.9 Å². The third-order valence-corrected chi connectivity index (χ3v) is 3.58. The molecule has 0 aliphatic carbocycles. The Bertz CT molecular complexity index is 902. The molecule has 2 aromatic carbocycles. The SMILES string of the molecule is CNC(=O)c1ccccc1NC(=O)c1cc2cc(Cl)ccc2o1. The van der Waals surface area contributed by atoms with Crippen LogP contribution in [0.1, 0.15) is 20.9 Å². The molecule has 23 heavy (non-hydrogen) atoms. The van der Waals surface area contributed by atoms with Crippen LogP contribution in [0.2, 0.25) is 5.02 Å². The van der Waals surface area contributed by atoms with Crippen LogP contribution in [-0.4, -0.2) is 18.9 Å².